The number of carbonyl (C=O) groups is 1. The van der Waals surface area contributed by atoms with Crippen molar-refractivity contribution in [3.05, 3.63) is 33.9 Å². The highest BCUT2D eigenvalue weighted by molar-refractivity contribution is 5.68. The van der Waals surface area contributed by atoms with Crippen LogP contribution in [0, 0.1) is 17.0 Å². The second kappa shape index (κ2) is 7.72. The number of carbonyl (C=O) groups excluding carboxylic acids is 1. The van der Waals surface area contributed by atoms with Crippen molar-refractivity contribution >= 4 is 17.5 Å². The Kier molecular flexibility index (Phi) is 5.87. The van der Waals surface area contributed by atoms with Gasteiger partial charge < -0.3 is 15.0 Å². The largest absolute Gasteiger partial charge is 0.444 e. The van der Waals surface area contributed by atoms with Crippen LogP contribution in [0.3, 0.4) is 0 Å². The molecule has 1 aliphatic heterocycles. The predicted molar refractivity (Wildman–Crippen MR) is 96.9 cm³/mol. The Morgan fingerprint density at radius 1 is 1.36 bits per heavy atom. The standard InChI is InChI=1S/C18H27N3O4/c1-13-8-9-15(16(11-13)21(23)24)19-14-7-5-6-10-20(12-14)17(22)25-18(2,3)4/h8-9,11,14,19H,5-7,10,12H2,1-4H3/t14-/m0/s1. The highest BCUT2D eigenvalue weighted by Gasteiger charge is 2.27. The zero-order valence-corrected chi connectivity index (χ0v) is 15.4. The van der Waals surface area contributed by atoms with Gasteiger partial charge in [0.1, 0.15) is 11.3 Å². The molecule has 1 heterocycles. The van der Waals surface area contributed by atoms with Crippen LogP contribution >= 0.6 is 0 Å². The molecule has 138 valence electrons. The number of aryl methyl sites for hydroxylation is 1. The fraction of sp³-hybridized carbons (Fsp3) is 0.611. The molecule has 0 radical (unpaired) electrons. The number of ether oxygens (including phenoxy) is 1. The summed E-state index contributed by atoms with van der Waals surface area (Å²) in [4.78, 5) is 25.0. The maximum atomic E-state index is 12.4. The number of amides is 1. The van der Waals surface area contributed by atoms with Crippen LogP contribution in [0.4, 0.5) is 16.2 Å². The summed E-state index contributed by atoms with van der Waals surface area (Å²) in [6, 6.07) is 5.09. The van der Waals surface area contributed by atoms with Gasteiger partial charge in [-0.15, -0.1) is 0 Å². The Labute approximate surface area is 148 Å². The van der Waals surface area contributed by atoms with Gasteiger partial charge in [0, 0.05) is 25.2 Å². The third-order valence-corrected chi connectivity index (χ3v) is 4.03. The summed E-state index contributed by atoms with van der Waals surface area (Å²) in [5.41, 5.74) is 0.857. The molecule has 1 saturated heterocycles. The number of nitrogens with one attached hydrogen (secondary N) is 1. The van der Waals surface area contributed by atoms with E-state index in [2.05, 4.69) is 5.32 Å². The number of rotatable bonds is 3. The number of likely N-dealkylation sites (tertiary alicyclic amines) is 1. The molecule has 0 saturated carbocycles. The van der Waals surface area contributed by atoms with Gasteiger partial charge in [-0.2, -0.15) is 0 Å². The van der Waals surface area contributed by atoms with Crippen LogP contribution in [-0.2, 0) is 4.74 Å². The monoisotopic (exact) mass is 349 g/mol. The molecule has 1 fully saturated rings. The van der Waals surface area contributed by atoms with E-state index in [0.717, 1.165) is 24.8 Å². The molecule has 1 N–H and O–H groups in total. The summed E-state index contributed by atoms with van der Waals surface area (Å²) in [6.45, 7) is 8.46. The van der Waals surface area contributed by atoms with Crippen LogP contribution < -0.4 is 5.32 Å². The first kappa shape index (κ1) is 19.0. The Morgan fingerprint density at radius 3 is 2.72 bits per heavy atom. The van der Waals surface area contributed by atoms with Gasteiger partial charge in [0.05, 0.1) is 4.92 Å². The van der Waals surface area contributed by atoms with E-state index in [1.54, 1.807) is 17.0 Å². The van der Waals surface area contributed by atoms with Crippen LogP contribution in [0.15, 0.2) is 18.2 Å². The highest BCUT2D eigenvalue weighted by atomic mass is 16.6. The normalized spacial score (nSPS) is 18.4. The van der Waals surface area contributed by atoms with Crippen LogP contribution in [0.5, 0.6) is 0 Å². The topological polar surface area (TPSA) is 84.7 Å². The number of nitro groups is 1. The van der Waals surface area contributed by atoms with E-state index in [1.165, 1.54) is 0 Å². The van der Waals surface area contributed by atoms with Gasteiger partial charge in [-0.05, 0) is 58.6 Å². The second-order valence-electron chi connectivity index (χ2n) is 7.54. The maximum Gasteiger partial charge on any atom is 0.410 e. The minimum Gasteiger partial charge on any atom is -0.444 e. The lowest BCUT2D eigenvalue weighted by Crippen LogP contribution is -2.42. The Bertz CT molecular complexity index is 640. The maximum absolute atomic E-state index is 12.4. The molecule has 25 heavy (non-hydrogen) atoms. The summed E-state index contributed by atoms with van der Waals surface area (Å²) in [5.74, 6) is 0. The first-order valence-corrected chi connectivity index (χ1v) is 8.65. The molecule has 7 heteroatoms. The van der Waals surface area contributed by atoms with Gasteiger partial charge in [0.25, 0.3) is 5.69 Å². The summed E-state index contributed by atoms with van der Waals surface area (Å²) >= 11 is 0. The van der Waals surface area contributed by atoms with Crippen LogP contribution in [-0.4, -0.2) is 40.6 Å². The van der Waals surface area contributed by atoms with E-state index in [1.807, 2.05) is 33.8 Å². The van der Waals surface area contributed by atoms with Gasteiger partial charge in [-0.1, -0.05) is 6.07 Å². The number of anilines is 1. The fourth-order valence-corrected chi connectivity index (χ4v) is 2.89. The smallest absolute Gasteiger partial charge is 0.410 e. The van der Waals surface area contributed by atoms with Crippen LogP contribution in [0.2, 0.25) is 0 Å². The van der Waals surface area contributed by atoms with E-state index in [9.17, 15) is 14.9 Å². The zero-order valence-electron chi connectivity index (χ0n) is 15.4. The molecule has 1 aromatic rings. The quantitative estimate of drug-likeness (QED) is 0.656. The van der Waals surface area contributed by atoms with E-state index in [4.69, 9.17) is 4.74 Å². The molecule has 0 bridgehead atoms. The lowest BCUT2D eigenvalue weighted by Gasteiger charge is -2.28. The Hall–Kier alpha value is -2.31. The molecule has 2 rings (SSSR count). The average Bonchev–Trinajstić information content (AvgIpc) is 2.73. The van der Waals surface area contributed by atoms with E-state index in [0.29, 0.717) is 18.8 Å². The molecule has 1 amide bonds. The molecule has 0 unspecified atom stereocenters. The predicted octanol–water partition coefficient (Wildman–Crippen LogP) is 4.10. The van der Waals surface area contributed by atoms with Crippen LogP contribution in [0.25, 0.3) is 0 Å². The minimum atomic E-state index is -0.540. The van der Waals surface area contributed by atoms with Gasteiger partial charge in [0.2, 0.25) is 0 Å². The van der Waals surface area contributed by atoms with Gasteiger partial charge in [-0.3, -0.25) is 10.1 Å². The van der Waals surface area contributed by atoms with Crippen molar-refractivity contribution in [3.8, 4) is 0 Å². The molecule has 1 atom stereocenters. The molecule has 0 aliphatic carbocycles. The van der Waals surface area contributed by atoms with Gasteiger partial charge >= 0.3 is 6.09 Å². The molecule has 0 spiro atoms. The van der Waals surface area contributed by atoms with E-state index >= 15 is 0 Å². The van der Waals surface area contributed by atoms with Crippen molar-refractivity contribution in [2.24, 2.45) is 0 Å². The van der Waals surface area contributed by atoms with E-state index in [-0.39, 0.29) is 22.7 Å². The molecular weight excluding hydrogens is 322 g/mol. The third-order valence-electron chi connectivity index (χ3n) is 4.03. The van der Waals surface area contributed by atoms with E-state index < -0.39 is 5.60 Å². The van der Waals surface area contributed by atoms with Crippen molar-refractivity contribution in [1.29, 1.82) is 0 Å². The summed E-state index contributed by atoms with van der Waals surface area (Å²) in [6.07, 6.45) is 2.37. The van der Waals surface area contributed by atoms with Crippen molar-refractivity contribution in [2.45, 2.75) is 58.6 Å². The van der Waals surface area contributed by atoms with Crippen LogP contribution in [0.1, 0.15) is 45.6 Å². The first-order chi connectivity index (χ1) is 11.7. The zero-order chi connectivity index (χ0) is 18.6. The number of hydrogen-bond acceptors (Lipinski definition) is 5. The molecule has 1 aromatic carbocycles. The molecular formula is C18H27N3O4. The average molecular weight is 349 g/mol. The van der Waals surface area contributed by atoms with Crippen molar-refractivity contribution in [3.63, 3.8) is 0 Å². The number of hydrogen-bond donors (Lipinski definition) is 1. The Balaban J connectivity index is 2.11. The fourth-order valence-electron chi connectivity index (χ4n) is 2.89. The molecule has 0 aromatic heterocycles. The lowest BCUT2D eigenvalue weighted by molar-refractivity contribution is -0.384. The molecule has 7 nitrogen and oxygen atoms in total. The second-order valence-corrected chi connectivity index (χ2v) is 7.54. The summed E-state index contributed by atoms with van der Waals surface area (Å²) in [7, 11) is 0. The van der Waals surface area contributed by atoms with Gasteiger partial charge in [0.15, 0.2) is 0 Å². The summed E-state index contributed by atoms with van der Waals surface area (Å²) < 4.78 is 5.46. The third kappa shape index (κ3) is 5.62. The lowest BCUT2D eigenvalue weighted by atomic mass is 10.1. The van der Waals surface area contributed by atoms with Gasteiger partial charge in [-0.25, -0.2) is 4.79 Å². The van der Waals surface area contributed by atoms with Crippen molar-refractivity contribution in [2.75, 3.05) is 18.4 Å². The van der Waals surface area contributed by atoms with Crippen molar-refractivity contribution in [1.82, 2.24) is 4.90 Å². The Morgan fingerprint density at radius 2 is 2.08 bits per heavy atom. The molecule has 1 aliphatic rings. The summed E-state index contributed by atoms with van der Waals surface area (Å²) in [5, 5.41) is 14.5. The SMILES string of the molecule is Cc1ccc(N[C@H]2CCCCN(C(=O)OC(C)(C)C)C2)c([N+](=O)[O-])c1. The minimum absolute atomic E-state index is 0.0450. The number of nitro benzene ring substituents is 1. The number of nitrogens with zero attached hydrogens (tertiary/aromatic N) is 2. The highest BCUT2D eigenvalue weighted by Crippen LogP contribution is 2.27. The van der Waals surface area contributed by atoms with Crippen molar-refractivity contribution < 1.29 is 14.5 Å². The first-order valence-electron chi connectivity index (χ1n) is 8.65. The number of benzene rings is 1.